The SMILES string of the molecule is C[C@]12CCC(=O)C=C1CC[C@@H]1[C@@H]2CC[C@@]2(C)[C@H]1CC[C@]2(O)C(=O)NCc1ccccn1. The quantitative estimate of drug-likeness (QED) is 0.773. The van der Waals surface area contributed by atoms with Gasteiger partial charge in [-0.3, -0.25) is 14.6 Å². The molecule has 0 aliphatic heterocycles. The van der Waals surface area contributed by atoms with E-state index in [1.165, 1.54) is 5.57 Å². The Bertz CT molecular complexity index is 928. The number of amides is 1. The summed E-state index contributed by atoms with van der Waals surface area (Å²) in [5, 5.41) is 14.7. The summed E-state index contributed by atoms with van der Waals surface area (Å²) in [4.78, 5) is 29.6. The lowest BCUT2D eigenvalue weighted by molar-refractivity contribution is -0.164. The highest BCUT2D eigenvalue weighted by molar-refractivity contribution is 5.91. The van der Waals surface area contributed by atoms with Gasteiger partial charge >= 0.3 is 0 Å². The minimum Gasteiger partial charge on any atom is -0.379 e. The molecule has 0 unspecified atom stereocenters. The lowest BCUT2D eigenvalue weighted by atomic mass is 9.46. The number of aromatic nitrogens is 1. The number of rotatable bonds is 3. The van der Waals surface area contributed by atoms with Gasteiger partial charge in [-0.05, 0) is 86.3 Å². The topological polar surface area (TPSA) is 79.3 Å². The van der Waals surface area contributed by atoms with Crippen LogP contribution in [0.25, 0.3) is 0 Å². The maximum Gasteiger partial charge on any atom is 0.252 e. The van der Waals surface area contributed by atoms with E-state index in [2.05, 4.69) is 24.1 Å². The average molecular weight is 423 g/mol. The van der Waals surface area contributed by atoms with Gasteiger partial charge in [-0.25, -0.2) is 0 Å². The molecule has 4 aliphatic rings. The van der Waals surface area contributed by atoms with E-state index in [-0.39, 0.29) is 17.1 Å². The summed E-state index contributed by atoms with van der Waals surface area (Å²) in [5.74, 6) is 1.47. The predicted octanol–water partition coefficient (Wildman–Crippen LogP) is 3.96. The Labute approximate surface area is 184 Å². The van der Waals surface area contributed by atoms with Crippen LogP contribution in [0.15, 0.2) is 36.0 Å². The Kier molecular flexibility index (Phi) is 4.89. The van der Waals surface area contributed by atoms with Crippen molar-refractivity contribution in [3.05, 3.63) is 41.7 Å². The molecule has 0 aromatic carbocycles. The third kappa shape index (κ3) is 3.03. The normalized spacial score (nSPS) is 41.6. The van der Waals surface area contributed by atoms with Gasteiger partial charge in [0.1, 0.15) is 5.60 Å². The minimum atomic E-state index is -1.32. The molecule has 1 amide bonds. The van der Waals surface area contributed by atoms with Crippen LogP contribution in [-0.2, 0) is 16.1 Å². The molecule has 3 saturated carbocycles. The van der Waals surface area contributed by atoms with Crippen LogP contribution in [0.2, 0.25) is 0 Å². The fraction of sp³-hybridized carbons (Fsp3) is 0.654. The Morgan fingerprint density at radius 2 is 1.94 bits per heavy atom. The van der Waals surface area contributed by atoms with Crippen molar-refractivity contribution in [2.75, 3.05) is 0 Å². The third-order valence-electron chi connectivity index (χ3n) is 9.65. The van der Waals surface area contributed by atoms with Crippen LogP contribution in [0.1, 0.15) is 70.9 Å². The number of aliphatic hydroxyl groups is 1. The van der Waals surface area contributed by atoms with Gasteiger partial charge in [0.15, 0.2) is 5.78 Å². The van der Waals surface area contributed by atoms with Gasteiger partial charge in [-0.2, -0.15) is 0 Å². The Hall–Kier alpha value is -2.01. The molecule has 166 valence electrons. The van der Waals surface area contributed by atoms with Gasteiger partial charge in [-0.1, -0.05) is 25.5 Å². The van der Waals surface area contributed by atoms with Crippen molar-refractivity contribution in [1.29, 1.82) is 0 Å². The molecule has 5 heteroatoms. The average Bonchev–Trinajstić information content (AvgIpc) is 3.05. The number of allylic oxidation sites excluding steroid dienone is 1. The molecule has 5 nitrogen and oxygen atoms in total. The minimum absolute atomic E-state index is 0.111. The molecule has 2 N–H and O–H groups in total. The summed E-state index contributed by atoms with van der Waals surface area (Å²) in [7, 11) is 0. The van der Waals surface area contributed by atoms with Crippen molar-refractivity contribution < 1.29 is 14.7 Å². The molecule has 0 spiro atoms. The maximum atomic E-state index is 13.3. The highest BCUT2D eigenvalue weighted by atomic mass is 16.3. The molecule has 0 bridgehead atoms. The second kappa shape index (κ2) is 7.26. The van der Waals surface area contributed by atoms with Gasteiger partial charge in [0.05, 0.1) is 12.2 Å². The highest BCUT2D eigenvalue weighted by Crippen LogP contribution is 2.67. The first-order chi connectivity index (χ1) is 14.8. The standard InChI is InChI=1S/C26H34N2O3/c1-24-11-8-19(29)15-17(24)6-7-20-21(24)9-12-25(2)22(20)10-13-26(25,31)23(30)28-16-18-5-3-4-14-27-18/h3-5,14-15,20-22,31H,6-13,16H2,1-2H3,(H,28,30)/t20-,21+,22+,24+,25+,26+/m1/s1. The van der Waals surface area contributed by atoms with E-state index in [4.69, 9.17) is 0 Å². The first-order valence-corrected chi connectivity index (χ1v) is 11.9. The lowest BCUT2D eigenvalue weighted by Crippen LogP contribution is -2.60. The van der Waals surface area contributed by atoms with E-state index in [0.29, 0.717) is 37.1 Å². The van der Waals surface area contributed by atoms with Crippen LogP contribution in [0, 0.1) is 28.6 Å². The smallest absolute Gasteiger partial charge is 0.252 e. The Balaban J connectivity index is 1.37. The third-order valence-corrected chi connectivity index (χ3v) is 9.65. The number of nitrogens with one attached hydrogen (secondary N) is 1. The van der Waals surface area contributed by atoms with Crippen LogP contribution in [0.3, 0.4) is 0 Å². The zero-order chi connectivity index (χ0) is 21.9. The van der Waals surface area contributed by atoms with Crippen LogP contribution in [-0.4, -0.2) is 27.4 Å². The predicted molar refractivity (Wildman–Crippen MR) is 118 cm³/mol. The Morgan fingerprint density at radius 1 is 1.13 bits per heavy atom. The Morgan fingerprint density at radius 3 is 2.71 bits per heavy atom. The molecule has 31 heavy (non-hydrogen) atoms. The highest BCUT2D eigenvalue weighted by Gasteiger charge is 2.66. The number of nitrogens with zero attached hydrogens (tertiary/aromatic N) is 1. The molecule has 1 aromatic rings. The fourth-order valence-corrected chi connectivity index (χ4v) is 7.77. The lowest BCUT2D eigenvalue weighted by Gasteiger charge is -2.58. The van der Waals surface area contributed by atoms with Crippen LogP contribution in [0.4, 0.5) is 0 Å². The fourth-order valence-electron chi connectivity index (χ4n) is 7.77. The van der Waals surface area contributed by atoms with Crippen molar-refractivity contribution in [2.45, 2.75) is 77.4 Å². The van der Waals surface area contributed by atoms with Crippen LogP contribution >= 0.6 is 0 Å². The van der Waals surface area contributed by atoms with E-state index in [1.807, 2.05) is 24.3 Å². The van der Waals surface area contributed by atoms with Gasteiger partial charge in [0, 0.05) is 18.0 Å². The summed E-state index contributed by atoms with van der Waals surface area (Å²) in [6.07, 6.45) is 10.6. The van der Waals surface area contributed by atoms with Crippen LogP contribution < -0.4 is 5.32 Å². The number of hydrogen-bond donors (Lipinski definition) is 2. The molecular weight excluding hydrogens is 388 g/mol. The van der Waals surface area contributed by atoms with Crippen LogP contribution in [0.5, 0.6) is 0 Å². The summed E-state index contributed by atoms with van der Waals surface area (Å²) in [5.41, 5.74) is 0.547. The van der Waals surface area contributed by atoms with E-state index >= 15 is 0 Å². The first kappa shape index (κ1) is 20.9. The van der Waals surface area contributed by atoms with E-state index in [1.54, 1.807) is 6.20 Å². The van der Waals surface area contributed by atoms with Crippen molar-refractivity contribution in [3.8, 4) is 0 Å². The molecule has 4 aliphatic carbocycles. The molecule has 3 fully saturated rings. The summed E-state index contributed by atoms with van der Waals surface area (Å²) >= 11 is 0. The van der Waals surface area contributed by atoms with Crippen molar-refractivity contribution in [3.63, 3.8) is 0 Å². The number of hydrogen-bond acceptors (Lipinski definition) is 4. The van der Waals surface area contributed by atoms with E-state index < -0.39 is 11.0 Å². The summed E-state index contributed by atoms with van der Waals surface area (Å²) in [6, 6.07) is 5.65. The largest absolute Gasteiger partial charge is 0.379 e. The number of fused-ring (bicyclic) bond motifs is 5. The van der Waals surface area contributed by atoms with E-state index in [9.17, 15) is 14.7 Å². The zero-order valence-corrected chi connectivity index (χ0v) is 18.7. The summed E-state index contributed by atoms with van der Waals surface area (Å²) < 4.78 is 0. The molecular formula is C26H34N2O3. The van der Waals surface area contributed by atoms with Gasteiger partial charge in [0.25, 0.3) is 5.91 Å². The van der Waals surface area contributed by atoms with Crippen molar-refractivity contribution in [2.24, 2.45) is 28.6 Å². The van der Waals surface area contributed by atoms with Crippen molar-refractivity contribution in [1.82, 2.24) is 10.3 Å². The van der Waals surface area contributed by atoms with Gasteiger partial charge in [0.2, 0.25) is 0 Å². The monoisotopic (exact) mass is 422 g/mol. The van der Waals surface area contributed by atoms with Gasteiger partial charge in [-0.15, -0.1) is 0 Å². The first-order valence-electron chi connectivity index (χ1n) is 11.9. The molecule has 0 radical (unpaired) electrons. The number of carbonyl (C=O) groups is 2. The maximum absolute atomic E-state index is 13.3. The number of carbonyl (C=O) groups excluding carboxylic acids is 2. The summed E-state index contributed by atoms with van der Waals surface area (Å²) in [6.45, 7) is 4.86. The molecule has 0 saturated heterocycles. The molecule has 1 heterocycles. The number of ketones is 1. The molecule has 1 aromatic heterocycles. The second-order valence-electron chi connectivity index (χ2n) is 10.8. The van der Waals surface area contributed by atoms with Crippen molar-refractivity contribution >= 4 is 11.7 Å². The van der Waals surface area contributed by atoms with Gasteiger partial charge < -0.3 is 10.4 Å². The molecule has 6 atom stereocenters. The number of pyridine rings is 1. The zero-order valence-electron chi connectivity index (χ0n) is 18.7. The second-order valence-corrected chi connectivity index (χ2v) is 10.8. The van der Waals surface area contributed by atoms with E-state index in [0.717, 1.165) is 44.2 Å². The molecule has 5 rings (SSSR count).